The molecule has 5 heteroatoms. The summed E-state index contributed by atoms with van der Waals surface area (Å²) in [5.74, 6) is 0. The minimum atomic E-state index is -0.117. The van der Waals surface area contributed by atoms with E-state index in [1.165, 1.54) is 0 Å². The van der Waals surface area contributed by atoms with Crippen molar-refractivity contribution in [1.82, 2.24) is 0 Å². The van der Waals surface area contributed by atoms with Crippen LogP contribution < -0.4 is 11.1 Å². The molecule has 2 rings (SSSR count). The lowest BCUT2D eigenvalue weighted by atomic mass is 9.84. The van der Waals surface area contributed by atoms with Gasteiger partial charge in [-0.3, -0.25) is 0 Å². The Morgan fingerprint density at radius 2 is 2.05 bits per heavy atom. The normalized spacial score (nSPS) is 31.2. The van der Waals surface area contributed by atoms with E-state index in [1.54, 1.807) is 0 Å². The van der Waals surface area contributed by atoms with E-state index in [-0.39, 0.29) is 17.7 Å². The molecule has 1 aliphatic heterocycles. The van der Waals surface area contributed by atoms with E-state index in [0.717, 1.165) is 23.0 Å². The molecule has 0 aliphatic carbocycles. The van der Waals surface area contributed by atoms with Crippen LogP contribution >= 0.6 is 27.5 Å². The lowest BCUT2D eigenvalue weighted by molar-refractivity contribution is -0.0536. The third kappa shape index (κ3) is 3.63. The topological polar surface area (TPSA) is 47.3 Å². The predicted molar refractivity (Wildman–Crippen MR) is 83.8 cm³/mol. The number of ether oxygens (including phenoxy) is 1. The number of nitrogens with one attached hydrogen (secondary N) is 1. The van der Waals surface area contributed by atoms with Crippen molar-refractivity contribution in [2.24, 2.45) is 5.73 Å². The summed E-state index contributed by atoms with van der Waals surface area (Å²) in [5.41, 5.74) is 6.90. The van der Waals surface area contributed by atoms with E-state index >= 15 is 0 Å². The van der Waals surface area contributed by atoms with E-state index in [2.05, 4.69) is 35.1 Å². The van der Waals surface area contributed by atoms with E-state index < -0.39 is 0 Å². The molecule has 2 unspecified atom stereocenters. The van der Waals surface area contributed by atoms with Gasteiger partial charge in [-0.1, -0.05) is 11.6 Å². The maximum Gasteiger partial charge on any atom is 0.0573 e. The first-order valence-corrected chi connectivity index (χ1v) is 7.70. The van der Waals surface area contributed by atoms with Gasteiger partial charge in [0, 0.05) is 16.7 Å². The second kappa shape index (κ2) is 6.00. The largest absolute Gasteiger partial charge is 0.378 e. The summed E-state index contributed by atoms with van der Waals surface area (Å²) >= 11 is 9.53. The minimum Gasteiger partial charge on any atom is -0.378 e. The molecule has 2 atom stereocenters. The van der Waals surface area contributed by atoms with Crippen LogP contribution in [0, 0.1) is 0 Å². The van der Waals surface area contributed by atoms with Gasteiger partial charge in [0.25, 0.3) is 0 Å². The average Bonchev–Trinajstić information content (AvgIpc) is 2.32. The van der Waals surface area contributed by atoms with E-state index in [0.29, 0.717) is 11.6 Å². The molecular weight excluding hydrogens is 328 g/mol. The van der Waals surface area contributed by atoms with Crippen LogP contribution in [-0.2, 0) is 4.74 Å². The van der Waals surface area contributed by atoms with Crippen LogP contribution in [0.3, 0.4) is 0 Å². The van der Waals surface area contributed by atoms with E-state index in [9.17, 15) is 0 Å². The molecule has 1 aliphatic rings. The lowest BCUT2D eigenvalue weighted by Crippen LogP contribution is -2.53. The Kier molecular flexibility index (Phi) is 4.77. The Balaban J connectivity index is 2.19. The molecule has 1 fully saturated rings. The SMILES string of the molecule is CC1CC(CN)(Nc2ccc(Br)c(Cl)c2)CC(C)O1. The molecule has 0 radical (unpaired) electrons. The first-order chi connectivity index (χ1) is 8.94. The summed E-state index contributed by atoms with van der Waals surface area (Å²) in [6.45, 7) is 4.77. The highest BCUT2D eigenvalue weighted by molar-refractivity contribution is 9.10. The van der Waals surface area contributed by atoms with E-state index in [4.69, 9.17) is 22.1 Å². The lowest BCUT2D eigenvalue weighted by Gasteiger charge is -2.43. The predicted octanol–water partition coefficient (Wildman–Crippen LogP) is 3.80. The molecule has 0 aromatic heterocycles. The zero-order valence-corrected chi connectivity index (χ0v) is 13.6. The molecule has 19 heavy (non-hydrogen) atoms. The molecule has 1 saturated heterocycles. The van der Waals surface area contributed by atoms with Crippen LogP contribution in [-0.4, -0.2) is 24.3 Å². The van der Waals surface area contributed by atoms with Crippen LogP contribution in [0.25, 0.3) is 0 Å². The average molecular weight is 348 g/mol. The highest BCUT2D eigenvalue weighted by Crippen LogP contribution is 2.33. The molecule has 0 spiro atoms. The fraction of sp³-hybridized carbons (Fsp3) is 0.571. The monoisotopic (exact) mass is 346 g/mol. The molecule has 1 heterocycles. The Bertz CT molecular complexity index is 445. The number of anilines is 1. The zero-order valence-electron chi connectivity index (χ0n) is 11.2. The molecule has 1 aromatic carbocycles. The van der Waals surface area contributed by atoms with Gasteiger partial charge in [0.1, 0.15) is 0 Å². The third-order valence-corrected chi connectivity index (χ3v) is 4.77. The van der Waals surface area contributed by atoms with Gasteiger partial charge in [0.05, 0.1) is 22.8 Å². The fourth-order valence-corrected chi connectivity index (χ4v) is 3.30. The Morgan fingerprint density at radius 1 is 1.42 bits per heavy atom. The van der Waals surface area contributed by atoms with Gasteiger partial charge >= 0.3 is 0 Å². The van der Waals surface area contributed by atoms with Crippen molar-refractivity contribution in [2.75, 3.05) is 11.9 Å². The second-order valence-electron chi connectivity index (χ2n) is 5.40. The number of rotatable bonds is 3. The Morgan fingerprint density at radius 3 is 2.58 bits per heavy atom. The summed E-state index contributed by atoms with van der Waals surface area (Å²) in [5, 5.41) is 4.26. The molecule has 0 amide bonds. The molecule has 106 valence electrons. The van der Waals surface area contributed by atoms with Crippen molar-refractivity contribution in [3.05, 3.63) is 27.7 Å². The first-order valence-electron chi connectivity index (χ1n) is 6.53. The van der Waals surface area contributed by atoms with E-state index in [1.807, 2.05) is 18.2 Å². The molecule has 0 saturated carbocycles. The molecule has 1 aromatic rings. The smallest absolute Gasteiger partial charge is 0.0573 e. The van der Waals surface area contributed by atoms with Crippen molar-refractivity contribution in [3.8, 4) is 0 Å². The maximum absolute atomic E-state index is 6.13. The van der Waals surface area contributed by atoms with Crippen LogP contribution in [0.15, 0.2) is 22.7 Å². The van der Waals surface area contributed by atoms with Gasteiger partial charge in [0.2, 0.25) is 0 Å². The number of hydrogen-bond donors (Lipinski definition) is 2. The summed E-state index contributed by atoms with van der Waals surface area (Å²) < 4.78 is 6.69. The number of hydrogen-bond acceptors (Lipinski definition) is 3. The maximum atomic E-state index is 6.13. The first kappa shape index (κ1) is 15.1. The van der Waals surface area contributed by atoms with Gasteiger partial charge in [-0.15, -0.1) is 0 Å². The highest BCUT2D eigenvalue weighted by atomic mass is 79.9. The van der Waals surface area contributed by atoms with Gasteiger partial charge in [0.15, 0.2) is 0 Å². The van der Waals surface area contributed by atoms with Crippen LogP contribution in [0.5, 0.6) is 0 Å². The molecule has 3 nitrogen and oxygen atoms in total. The van der Waals surface area contributed by atoms with Crippen molar-refractivity contribution in [3.63, 3.8) is 0 Å². The van der Waals surface area contributed by atoms with Crippen molar-refractivity contribution in [1.29, 1.82) is 0 Å². The Labute approximate surface area is 128 Å². The van der Waals surface area contributed by atoms with Crippen molar-refractivity contribution < 1.29 is 4.74 Å². The molecular formula is C14H20BrClN2O. The number of benzene rings is 1. The number of halogens is 2. The van der Waals surface area contributed by atoms with Crippen molar-refractivity contribution in [2.45, 2.75) is 44.4 Å². The number of nitrogens with two attached hydrogens (primary N) is 1. The van der Waals surface area contributed by atoms with Gasteiger partial charge in [-0.05, 0) is 60.8 Å². The minimum absolute atomic E-state index is 0.117. The van der Waals surface area contributed by atoms with Gasteiger partial charge in [-0.25, -0.2) is 0 Å². The summed E-state index contributed by atoms with van der Waals surface area (Å²) in [6, 6.07) is 5.88. The summed E-state index contributed by atoms with van der Waals surface area (Å²) in [4.78, 5) is 0. The van der Waals surface area contributed by atoms with Crippen LogP contribution in [0.1, 0.15) is 26.7 Å². The summed E-state index contributed by atoms with van der Waals surface area (Å²) in [7, 11) is 0. The standard InChI is InChI=1S/C14H20BrClN2O/c1-9-6-14(8-17,7-10(2)19-9)18-11-3-4-12(15)13(16)5-11/h3-5,9-10,18H,6-8,17H2,1-2H3. The molecule has 0 bridgehead atoms. The van der Waals surface area contributed by atoms with Crippen LogP contribution in [0.2, 0.25) is 5.02 Å². The highest BCUT2D eigenvalue weighted by Gasteiger charge is 2.37. The summed E-state index contributed by atoms with van der Waals surface area (Å²) in [6.07, 6.45) is 2.24. The fourth-order valence-electron chi connectivity index (χ4n) is 2.88. The second-order valence-corrected chi connectivity index (χ2v) is 6.67. The zero-order chi connectivity index (χ0) is 14.0. The van der Waals surface area contributed by atoms with Gasteiger partial charge in [-0.2, -0.15) is 0 Å². The van der Waals surface area contributed by atoms with Crippen molar-refractivity contribution >= 4 is 33.2 Å². The molecule has 3 N–H and O–H groups in total. The third-order valence-electron chi connectivity index (χ3n) is 3.54. The van der Waals surface area contributed by atoms with Gasteiger partial charge < -0.3 is 15.8 Å². The quantitative estimate of drug-likeness (QED) is 0.874. The van der Waals surface area contributed by atoms with Crippen LogP contribution in [0.4, 0.5) is 5.69 Å². The Hall–Kier alpha value is -0.290.